The average Bonchev–Trinajstić information content (AvgIpc) is 2.45. The number of carbonyl (C=O) groups is 1. The standard InChI is InChI=1S/C14H21N3OS/c15-14(18)10-19-13-7-2-1-6-12(13)17-9-11-5-3-4-8-16-11/h1-2,6-7,11,16-17H,3-5,8-10H2,(H2,15,18). The van der Waals surface area contributed by atoms with E-state index in [0.29, 0.717) is 11.8 Å². The number of primary amides is 1. The number of benzene rings is 1. The Morgan fingerprint density at radius 1 is 1.42 bits per heavy atom. The van der Waals surface area contributed by atoms with Gasteiger partial charge in [0.2, 0.25) is 5.91 Å². The van der Waals surface area contributed by atoms with Crippen LogP contribution in [0.25, 0.3) is 0 Å². The smallest absolute Gasteiger partial charge is 0.227 e. The highest BCUT2D eigenvalue weighted by molar-refractivity contribution is 8.00. The summed E-state index contributed by atoms with van der Waals surface area (Å²) in [4.78, 5) is 11.9. The number of amides is 1. The van der Waals surface area contributed by atoms with E-state index in [1.165, 1.54) is 31.0 Å². The molecule has 1 amide bonds. The fourth-order valence-corrected chi connectivity index (χ4v) is 2.99. The fourth-order valence-electron chi connectivity index (χ4n) is 2.22. The van der Waals surface area contributed by atoms with Crippen LogP contribution in [0.3, 0.4) is 0 Å². The summed E-state index contributed by atoms with van der Waals surface area (Å²) in [5, 5.41) is 6.99. The molecule has 0 aliphatic carbocycles. The van der Waals surface area contributed by atoms with E-state index in [-0.39, 0.29) is 5.91 Å². The van der Waals surface area contributed by atoms with Crippen molar-refractivity contribution < 1.29 is 4.79 Å². The van der Waals surface area contributed by atoms with E-state index in [2.05, 4.69) is 10.6 Å². The van der Waals surface area contributed by atoms with Crippen molar-refractivity contribution in [3.63, 3.8) is 0 Å². The lowest BCUT2D eigenvalue weighted by Crippen LogP contribution is -2.39. The first-order valence-corrected chi connectivity index (χ1v) is 7.71. The van der Waals surface area contributed by atoms with Crippen LogP contribution in [0.4, 0.5) is 5.69 Å². The number of para-hydroxylation sites is 1. The molecule has 0 aromatic heterocycles. The minimum atomic E-state index is -0.284. The number of anilines is 1. The number of rotatable bonds is 6. The van der Waals surface area contributed by atoms with Crippen LogP contribution < -0.4 is 16.4 Å². The predicted molar refractivity (Wildman–Crippen MR) is 80.5 cm³/mol. The van der Waals surface area contributed by atoms with Crippen molar-refractivity contribution in [1.82, 2.24) is 5.32 Å². The SMILES string of the molecule is NC(=O)CSc1ccccc1NCC1CCCCN1. The maximum absolute atomic E-state index is 10.9. The van der Waals surface area contributed by atoms with Crippen molar-refractivity contribution in [2.75, 3.05) is 24.2 Å². The molecule has 4 N–H and O–H groups in total. The number of piperidine rings is 1. The lowest BCUT2D eigenvalue weighted by Gasteiger charge is -2.24. The number of thioether (sulfide) groups is 1. The first kappa shape index (κ1) is 14.2. The van der Waals surface area contributed by atoms with Crippen molar-refractivity contribution in [3.8, 4) is 0 Å². The molecule has 19 heavy (non-hydrogen) atoms. The normalized spacial score (nSPS) is 19.1. The van der Waals surface area contributed by atoms with Crippen molar-refractivity contribution >= 4 is 23.4 Å². The van der Waals surface area contributed by atoms with E-state index >= 15 is 0 Å². The molecule has 2 rings (SSSR count). The van der Waals surface area contributed by atoms with E-state index < -0.39 is 0 Å². The van der Waals surface area contributed by atoms with Crippen LogP contribution in [0.1, 0.15) is 19.3 Å². The molecular weight excluding hydrogens is 258 g/mol. The molecule has 5 heteroatoms. The molecule has 104 valence electrons. The number of nitrogens with two attached hydrogens (primary N) is 1. The second-order valence-electron chi connectivity index (χ2n) is 4.78. The summed E-state index contributed by atoms with van der Waals surface area (Å²) in [6.07, 6.45) is 3.81. The highest BCUT2D eigenvalue weighted by Gasteiger charge is 2.12. The third kappa shape index (κ3) is 4.76. The molecule has 0 saturated carbocycles. The van der Waals surface area contributed by atoms with Crippen LogP contribution in [-0.4, -0.2) is 30.8 Å². The van der Waals surface area contributed by atoms with E-state index in [1.807, 2.05) is 24.3 Å². The Bertz CT molecular complexity index is 419. The van der Waals surface area contributed by atoms with Gasteiger partial charge in [0.25, 0.3) is 0 Å². The van der Waals surface area contributed by atoms with E-state index in [4.69, 9.17) is 5.73 Å². The van der Waals surface area contributed by atoms with Crippen LogP contribution in [0.2, 0.25) is 0 Å². The fraction of sp³-hybridized carbons (Fsp3) is 0.500. The van der Waals surface area contributed by atoms with Crippen LogP contribution in [0.5, 0.6) is 0 Å². The van der Waals surface area contributed by atoms with Gasteiger partial charge in [-0.2, -0.15) is 0 Å². The van der Waals surface area contributed by atoms with Crippen molar-refractivity contribution in [1.29, 1.82) is 0 Å². The Balaban J connectivity index is 1.89. The topological polar surface area (TPSA) is 67.2 Å². The highest BCUT2D eigenvalue weighted by Crippen LogP contribution is 2.26. The molecule has 1 saturated heterocycles. The summed E-state index contributed by atoms with van der Waals surface area (Å²) in [6, 6.07) is 8.59. The van der Waals surface area contributed by atoms with Crippen molar-refractivity contribution in [3.05, 3.63) is 24.3 Å². The molecule has 1 aromatic carbocycles. The summed E-state index contributed by atoms with van der Waals surface area (Å²) >= 11 is 1.48. The third-order valence-corrected chi connectivity index (χ3v) is 4.30. The number of hydrogen-bond donors (Lipinski definition) is 3. The molecule has 0 bridgehead atoms. The summed E-state index contributed by atoms with van der Waals surface area (Å²) < 4.78 is 0. The molecule has 0 spiro atoms. The van der Waals surface area contributed by atoms with Gasteiger partial charge in [0, 0.05) is 23.2 Å². The Labute approximate surface area is 118 Å². The first-order valence-electron chi connectivity index (χ1n) is 6.73. The van der Waals surface area contributed by atoms with Gasteiger partial charge in [-0.05, 0) is 31.5 Å². The number of hydrogen-bond acceptors (Lipinski definition) is 4. The molecule has 0 radical (unpaired) electrons. The quantitative estimate of drug-likeness (QED) is 0.695. The van der Waals surface area contributed by atoms with Gasteiger partial charge in [-0.25, -0.2) is 0 Å². The minimum Gasteiger partial charge on any atom is -0.383 e. The van der Waals surface area contributed by atoms with Crippen LogP contribution >= 0.6 is 11.8 Å². The molecule has 1 aliphatic rings. The maximum Gasteiger partial charge on any atom is 0.227 e. The zero-order valence-corrected chi connectivity index (χ0v) is 11.8. The Morgan fingerprint density at radius 3 is 3.00 bits per heavy atom. The largest absolute Gasteiger partial charge is 0.383 e. The van der Waals surface area contributed by atoms with Crippen molar-refractivity contribution in [2.45, 2.75) is 30.2 Å². The monoisotopic (exact) mass is 279 g/mol. The second kappa shape index (κ2) is 7.40. The lowest BCUT2D eigenvalue weighted by atomic mass is 10.1. The lowest BCUT2D eigenvalue weighted by molar-refractivity contribution is -0.115. The zero-order valence-electron chi connectivity index (χ0n) is 11.0. The van der Waals surface area contributed by atoms with Gasteiger partial charge in [0.15, 0.2) is 0 Å². The van der Waals surface area contributed by atoms with Gasteiger partial charge in [0.05, 0.1) is 5.75 Å². The zero-order chi connectivity index (χ0) is 13.5. The minimum absolute atomic E-state index is 0.284. The van der Waals surface area contributed by atoms with Gasteiger partial charge in [-0.3, -0.25) is 4.79 Å². The van der Waals surface area contributed by atoms with Crippen molar-refractivity contribution in [2.24, 2.45) is 5.73 Å². The molecule has 4 nitrogen and oxygen atoms in total. The van der Waals surface area contributed by atoms with Crippen LogP contribution in [0.15, 0.2) is 29.2 Å². The summed E-state index contributed by atoms with van der Waals surface area (Å²) in [5.41, 5.74) is 6.28. The summed E-state index contributed by atoms with van der Waals surface area (Å²) in [7, 11) is 0. The molecule has 1 atom stereocenters. The van der Waals surface area contributed by atoms with Gasteiger partial charge in [0.1, 0.15) is 0 Å². The molecule has 1 aliphatic heterocycles. The molecule has 1 heterocycles. The van der Waals surface area contributed by atoms with Gasteiger partial charge < -0.3 is 16.4 Å². The van der Waals surface area contributed by atoms with Crippen LogP contribution in [-0.2, 0) is 4.79 Å². The van der Waals surface area contributed by atoms with Gasteiger partial charge >= 0.3 is 0 Å². The second-order valence-corrected chi connectivity index (χ2v) is 5.80. The summed E-state index contributed by atoms with van der Waals surface area (Å²) in [5.74, 6) is 0.0362. The van der Waals surface area contributed by atoms with Gasteiger partial charge in [-0.1, -0.05) is 18.6 Å². The Morgan fingerprint density at radius 2 is 2.26 bits per heavy atom. The number of carbonyl (C=O) groups excluding carboxylic acids is 1. The first-order chi connectivity index (χ1) is 9.25. The molecule has 1 aromatic rings. The Kier molecular flexibility index (Phi) is 5.54. The highest BCUT2D eigenvalue weighted by atomic mass is 32.2. The van der Waals surface area contributed by atoms with E-state index in [9.17, 15) is 4.79 Å². The number of nitrogens with one attached hydrogen (secondary N) is 2. The molecule has 1 unspecified atom stereocenters. The Hall–Kier alpha value is -1.20. The van der Waals surface area contributed by atoms with Gasteiger partial charge in [-0.15, -0.1) is 11.8 Å². The van der Waals surface area contributed by atoms with E-state index in [0.717, 1.165) is 23.7 Å². The molecular formula is C14H21N3OS. The van der Waals surface area contributed by atoms with E-state index in [1.54, 1.807) is 0 Å². The van der Waals surface area contributed by atoms with Crippen LogP contribution in [0, 0.1) is 0 Å². The predicted octanol–water partition coefficient (Wildman–Crippen LogP) is 1.82. The molecule has 1 fully saturated rings. The summed E-state index contributed by atoms with van der Waals surface area (Å²) in [6.45, 7) is 2.04. The average molecular weight is 279 g/mol. The third-order valence-electron chi connectivity index (χ3n) is 3.21. The maximum atomic E-state index is 10.9.